The van der Waals surface area contributed by atoms with E-state index in [0.29, 0.717) is 11.6 Å². The summed E-state index contributed by atoms with van der Waals surface area (Å²) in [5, 5.41) is 18.3. The predicted octanol–water partition coefficient (Wildman–Crippen LogP) is 3.14. The number of nitrogens with zero attached hydrogens (tertiary/aromatic N) is 4. The monoisotopic (exact) mass is 417 g/mol. The Balaban J connectivity index is 0.000000431. The molecule has 0 radical (unpaired) electrons. The van der Waals surface area contributed by atoms with Crippen LogP contribution in [0.1, 0.15) is 16.4 Å². The molecule has 0 amide bonds. The number of anilines is 2. The normalized spacial score (nSPS) is 11.0. The Morgan fingerprint density at radius 2 is 1.92 bits per heavy atom. The van der Waals surface area contributed by atoms with E-state index >= 15 is 0 Å². The van der Waals surface area contributed by atoms with Crippen molar-refractivity contribution in [2.75, 3.05) is 5.32 Å². The Bertz CT molecular complexity index is 979. The van der Waals surface area contributed by atoms with Crippen LogP contribution in [0.2, 0.25) is 5.02 Å². The second-order valence-corrected chi connectivity index (χ2v) is 7.56. The molecule has 0 bridgehead atoms. The Labute approximate surface area is 159 Å². The van der Waals surface area contributed by atoms with Gasteiger partial charge in [0.15, 0.2) is 0 Å². The van der Waals surface area contributed by atoms with E-state index in [-0.39, 0.29) is 0 Å². The minimum atomic E-state index is -4.67. The summed E-state index contributed by atoms with van der Waals surface area (Å²) in [7, 11) is -4.67. The van der Waals surface area contributed by atoms with Gasteiger partial charge in [-0.2, -0.15) is 13.5 Å². The van der Waals surface area contributed by atoms with Crippen LogP contribution in [0.25, 0.3) is 0 Å². The van der Waals surface area contributed by atoms with Crippen LogP contribution >= 0.6 is 22.9 Å². The highest BCUT2D eigenvalue weighted by Gasteiger charge is 2.08. The first kappa shape index (κ1) is 20.3. The molecular weight excluding hydrogens is 402 g/mol. The van der Waals surface area contributed by atoms with Crippen molar-refractivity contribution in [2.45, 2.75) is 20.4 Å². The number of benzene rings is 1. The van der Waals surface area contributed by atoms with Crippen molar-refractivity contribution in [2.24, 2.45) is 0 Å². The van der Waals surface area contributed by atoms with Gasteiger partial charge < -0.3 is 5.32 Å². The minimum Gasteiger partial charge on any atom is -0.330 e. The van der Waals surface area contributed by atoms with E-state index in [9.17, 15) is 0 Å². The fraction of sp³-hybridized carbons (Fsp3) is 0.214. The minimum absolute atomic E-state index is 0.633. The number of hydrogen-bond donors (Lipinski definition) is 3. The zero-order valence-electron chi connectivity index (χ0n) is 13.8. The molecular formula is C14H16ClN5O4S2. The lowest BCUT2D eigenvalue weighted by atomic mass is 10.3. The quantitative estimate of drug-likeness (QED) is 0.552. The van der Waals surface area contributed by atoms with Gasteiger partial charge >= 0.3 is 10.4 Å². The molecule has 3 N–H and O–H groups in total. The van der Waals surface area contributed by atoms with Gasteiger partial charge in [-0.3, -0.25) is 13.8 Å². The summed E-state index contributed by atoms with van der Waals surface area (Å²) in [4.78, 5) is 0. The van der Waals surface area contributed by atoms with E-state index in [1.165, 1.54) is 11.3 Å². The lowest BCUT2D eigenvalue weighted by Gasteiger charge is -2.01. The number of rotatable bonds is 4. The van der Waals surface area contributed by atoms with Gasteiger partial charge in [0.2, 0.25) is 5.13 Å². The van der Waals surface area contributed by atoms with Crippen molar-refractivity contribution >= 4 is 44.2 Å². The van der Waals surface area contributed by atoms with Gasteiger partial charge in [0.1, 0.15) is 5.01 Å². The third-order valence-electron chi connectivity index (χ3n) is 2.93. The van der Waals surface area contributed by atoms with E-state index < -0.39 is 10.4 Å². The zero-order valence-corrected chi connectivity index (χ0v) is 16.2. The maximum atomic E-state index is 8.74. The molecule has 9 nitrogen and oxygen atoms in total. The molecule has 3 rings (SSSR count). The number of aryl methyl sites for hydroxylation is 2. The average molecular weight is 418 g/mol. The molecule has 3 aromatic rings. The molecule has 0 aliphatic rings. The second kappa shape index (κ2) is 8.56. The Morgan fingerprint density at radius 3 is 2.50 bits per heavy atom. The third kappa shape index (κ3) is 7.06. The van der Waals surface area contributed by atoms with Crippen molar-refractivity contribution in [3.05, 3.63) is 51.7 Å². The molecule has 0 fully saturated rings. The van der Waals surface area contributed by atoms with Crippen molar-refractivity contribution in [1.82, 2.24) is 20.0 Å². The largest absolute Gasteiger partial charge is 0.394 e. The van der Waals surface area contributed by atoms with Crippen LogP contribution in [-0.2, 0) is 16.9 Å². The summed E-state index contributed by atoms with van der Waals surface area (Å²) in [6.07, 6.45) is 0. The third-order valence-corrected chi connectivity index (χ3v) is 3.99. The lowest BCUT2D eigenvalue weighted by molar-refractivity contribution is 0.381. The summed E-state index contributed by atoms with van der Waals surface area (Å²) < 4.78 is 33.5. The number of hydrogen-bond acceptors (Lipinski definition) is 7. The fourth-order valence-electron chi connectivity index (χ4n) is 2.02. The molecule has 26 heavy (non-hydrogen) atoms. The molecule has 0 aliphatic heterocycles. The van der Waals surface area contributed by atoms with Crippen LogP contribution in [0.5, 0.6) is 0 Å². The van der Waals surface area contributed by atoms with Gasteiger partial charge in [0.25, 0.3) is 0 Å². The van der Waals surface area contributed by atoms with Gasteiger partial charge in [0.05, 0.1) is 12.2 Å². The van der Waals surface area contributed by atoms with Crippen molar-refractivity contribution in [1.29, 1.82) is 0 Å². The van der Waals surface area contributed by atoms with Gasteiger partial charge in [-0.1, -0.05) is 29.0 Å². The molecule has 2 aromatic heterocycles. The lowest BCUT2D eigenvalue weighted by Crippen LogP contribution is -2.03. The van der Waals surface area contributed by atoms with Crippen LogP contribution in [-0.4, -0.2) is 37.5 Å². The summed E-state index contributed by atoms with van der Waals surface area (Å²) in [6, 6.07) is 9.56. The van der Waals surface area contributed by atoms with Gasteiger partial charge in [-0.15, -0.1) is 10.2 Å². The molecule has 0 atom stereocenters. The van der Waals surface area contributed by atoms with Crippen molar-refractivity contribution in [3.63, 3.8) is 0 Å². The highest BCUT2D eigenvalue weighted by Crippen LogP contribution is 2.23. The summed E-state index contributed by atoms with van der Waals surface area (Å²) >= 11 is 7.47. The van der Waals surface area contributed by atoms with E-state index in [0.717, 1.165) is 27.2 Å². The molecule has 0 aliphatic carbocycles. The standard InChI is InChI=1S/C14H14ClN5S.H2O4S/c1-9-6-10(2)20(19-9)8-13-17-18-14(21-13)16-12-5-3-4-11(15)7-12;1-5(2,3)4/h3-7H,8H2,1-2H3,(H,16,18);(H2,1,2,3,4). The maximum absolute atomic E-state index is 8.74. The van der Waals surface area contributed by atoms with Gasteiger partial charge in [0, 0.05) is 16.4 Å². The highest BCUT2D eigenvalue weighted by atomic mass is 35.5. The van der Waals surface area contributed by atoms with E-state index in [2.05, 4.69) is 20.6 Å². The van der Waals surface area contributed by atoms with E-state index in [1.54, 1.807) is 0 Å². The molecule has 12 heteroatoms. The van der Waals surface area contributed by atoms with Crippen LogP contribution in [0, 0.1) is 13.8 Å². The first-order valence-electron chi connectivity index (χ1n) is 7.16. The second-order valence-electron chi connectivity index (χ2n) is 5.17. The molecule has 140 valence electrons. The number of nitrogens with one attached hydrogen (secondary N) is 1. The first-order chi connectivity index (χ1) is 12.1. The number of aromatic nitrogens is 4. The molecule has 2 heterocycles. The maximum Gasteiger partial charge on any atom is 0.394 e. The van der Waals surface area contributed by atoms with Crippen LogP contribution < -0.4 is 5.32 Å². The molecule has 0 spiro atoms. The average Bonchev–Trinajstić information content (AvgIpc) is 3.04. The topological polar surface area (TPSA) is 130 Å². The van der Waals surface area contributed by atoms with Crippen molar-refractivity contribution < 1.29 is 17.5 Å². The Kier molecular flexibility index (Phi) is 6.67. The molecule has 0 saturated heterocycles. The smallest absolute Gasteiger partial charge is 0.330 e. The molecule has 0 unspecified atom stereocenters. The Hall–Kier alpha value is -2.05. The van der Waals surface area contributed by atoms with Gasteiger partial charge in [-0.05, 0) is 38.1 Å². The highest BCUT2D eigenvalue weighted by molar-refractivity contribution is 7.79. The molecule has 1 aromatic carbocycles. The SMILES string of the molecule is Cc1cc(C)n(Cc2nnc(Nc3cccc(Cl)c3)s2)n1.O=S(=O)(O)O. The number of halogens is 1. The van der Waals surface area contributed by atoms with E-state index in [1.807, 2.05) is 48.9 Å². The van der Waals surface area contributed by atoms with Crippen molar-refractivity contribution in [3.8, 4) is 0 Å². The summed E-state index contributed by atoms with van der Waals surface area (Å²) in [5.41, 5.74) is 3.03. The first-order valence-corrected chi connectivity index (χ1v) is 9.75. The van der Waals surface area contributed by atoms with Crippen LogP contribution in [0.15, 0.2) is 30.3 Å². The fourth-order valence-corrected chi connectivity index (χ4v) is 2.95. The summed E-state index contributed by atoms with van der Waals surface area (Å²) in [5.74, 6) is 0. The summed E-state index contributed by atoms with van der Waals surface area (Å²) in [6.45, 7) is 4.65. The van der Waals surface area contributed by atoms with Crippen LogP contribution in [0.4, 0.5) is 10.8 Å². The van der Waals surface area contributed by atoms with Gasteiger partial charge in [-0.25, -0.2) is 0 Å². The Morgan fingerprint density at radius 1 is 1.23 bits per heavy atom. The molecule has 0 saturated carbocycles. The van der Waals surface area contributed by atoms with Crippen LogP contribution in [0.3, 0.4) is 0 Å². The predicted molar refractivity (Wildman–Crippen MR) is 99.6 cm³/mol. The zero-order chi connectivity index (χ0) is 19.3. The van der Waals surface area contributed by atoms with E-state index in [4.69, 9.17) is 29.1 Å².